The minimum Gasteiger partial charge on any atom is -0.338 e. The molecule has 3 nitrogen and oxygen atoms in total. The van der Waals surface area contributed by atoms with Gasteiger partial charge in [-0.1, -0.05) is 6.08 Å². The summed E-state index contributed by atoms with van der Waals surface area (Å²) in [5.41, 5.74) is 0.849. The van der Waals surface area contributed by atoms with Gasteiger partial charge in [-0.3, -0.25) is 4.79 Å². The van der Waals surface area contributed by atoms with Gasteiger partial charge in [-0.2, -0.15) is 0 Å². The summed E-state index contributed by atoms with van der Waals surface area (Å²) in [6.07, 6.45) is 2.93. The summed E-state index contributed by atoms with van der Waals surface area (Å²) in [5, 5.41) is 3.28. The van der Waals surface area contributed by atoms with Crippen LogP contribution in [0.25, 0.3) is 0 Å². The van der Waals surface area contributed by atoms with Crippen molar-refractivity contribution in [2.45, 2.75) is 20.3 Å². The highest BCUT2D eigenvalue weighted by molar-refractivity contribution is 5.92. The molecule has 3 heteroatoms. The van der Waals surface area contributed by atoms with Gasteiger partial charge in [0.2, 0.25) is 5.91 Å². The van der Waals surface area contributed by atoms with Crippen LogP contribution >= 0.6 is 0 Å². The fourth-order valence-corrected chi connectivity index (χ4v) is 1.42. The van der Waals surface area contributed by atoms with Crippen LogP contribution in [0.2, 0.25) is 0 Å². The Hall–Kier alpha value is -0.830. The number of rotatable bonds is 1. The topological polar surface area (TPSA) is 32.3 Å². The summed E-state index contributed by atoms with van der Waals surface area (Å²) in [7, 11) is 0. The number of hydrogen-bond donors (Lipinski definition) is 1. The van der Waals surface area contributed by atoms with Crippen LogP contribution in [0.15, 0.2) is 11.6 Å². The zero-order valence-corrected chi connectivity index (χ0v) is 8.47. The third-order valence-electron chi connectivity index (χ3n) is 2.40. The lowest BCUT2D eigenvalue weighted by atomic mass is 10.2. The third kappa shape index (κ3) is 2.84. The lowest BCUT2D eigenvalue weighted by Gasteiger charge is -2.19. The molecule has 0 atom stereocenters. The Morgan fingerprint density at radius 2 is 2.15 bits per heavy atom. The maximum absolute atomic E-state index is 11.7. The highest BCUT2D eigenvalue weighted by Gasteiger charge is 2.15. The molecule has 1 amide bonds. The first-order chi connectivity index (χ1) is 6.25. The van der Waals surface area contributed by atoms with Crippen molar-refractivity contribution >= 4 is 5.91 Å². The molecule has 1 heterocycles. The van der Waals surface area contributed by atoms with Gasteiger partial charge in [-0.15, -0.1) is 0 Å². The molecule has 74 valence electrons. The van der Waals surface area contributed by atoms with Crippen molar-refractivity contribution in [2.24, 2.45) is 0 Å². The Morgan fingerprint density at radius 1 is 1.38 bits per heavy atom. The van der Waals surface area contributed by atoms with Gasteiger partial charge in [0, 0.05) is 25.2 Å². The first-order valence-electron chi connectivity index (χ1n) is 4.88. The molecule has 0 aromatic heterocycles. The summed E-state index contributed by atoms with van der Waals surface area (Å²) in [6, 6.07) is 0. The average molecular weight is 182 g/mol. The molecule has 1 rings (SSSR count). The smallest absolute Gasteiger partial charge is 0.249 e. The van der Waals surface area contributed by atoms with Crippen LogP contribution in [-0.2, 0) is 4.79 Å². The molecule has 1 aliphatic heterocycles. The van der Waals surface area contributed by atoms with Crippen molar-refractivity contribution < 1.29 is 4.79 Å². The molecule has 0 radical (unpaired) electrons. The van der Waals surface area contributed by atoms with E-state index in [4.69, 9.17) is 0 Å². The second-order valence-electron chi connectivity index (χ2n) is 3.37. The first kappa shape index (κ1) is 10.3. The maximum atomic E-state index is 11.7. The van der Waals surface area contributed by atoms with Crippen LogP contribution in [0.4, 0.5) is 0 Å². The number of amides is 1. The van der Waals surface area contributed by atoms with Gasteiger partial charge >= 0.3 is 0 Å². The van der Waals surface area contributed by atoms with Crippen molar-refractivity contribution in [1.29, 1.82) is 0 Å². The normalized spacial score (nSPS) is 19.8. The minimum atomic E-state index is 0.186. The van der Waals surface area contributed by atoms with Crippen LogP contribution in [-0.4, -0.2) is 37.0 Å². The van der Waals surface area contributed by atoms with E-state index in [1.54, 1.807) is 0 Å². The summed E-state index contributed by atoms with van der Waals surface area (Å²) >= 11 is 0. The Bertz CT molecular complexity index is 203. The Balaban J connectivity index is 2.54. The van der Waals surface area contributed by atoms with Crippen molar-refractivity contribution in [3.63, 3.8) is 0 Å². The summed E-state index contributed by atoms with van der Waals surface area (Å²) in [5.74, 6) is 0.186. The second kappa shape index (κ2) is 5.02. The first-order valence-corrected chi connectivity index (χ1v) is 4.88. The maximum Gasteiger partial charge on any atom is 0.249 e. The molecule has 0 unspecified atom stereocenters. The van der Waals surface area contributed by atoms with Crippen LogP contribution < -0.4 is 5.32 Å². The van der Waals surface area contributed by atoms with Crippen molar-refractivity contribution in [3.8, 4) is 0 Å². The van der Waals surface area contributed by atoms with Crippen LogP contribution in [0.1, 0.15) is 20.3 Å². The van der Waals surface area contributed by atoms with E-state index < -0.39 is 0 Å². The van der Waals surface area contributed by atoms with Gasteiger partial charge < -0.3 is 10.2 Å². The number of allylic oxidation sites excluding steroid dienone is 1. The summed E-state index contributed by atoms with van der Waals surface area (Å²) < 4.78 is 0. The molecular formula is C10H18N2O. The Morgan fingerprint density at radius 3 is 2.85 bits per heavy atom. The molecule has 1 fully saturated rings. The monoisotopic (exact) mass is 182 g/mol. The highest BCUT2D eigenvalue weighted by atomic mass is 16.2. The molecule has 0 aromatic rings. The second-order valence-corrected chi connectivity index (χ2v) is 3.37. The van der Waals surface area contributed by atoms with Crippen molar-refractivity contribution in [1.82, 2.24) is 10.2 Å². The standard InChI is InChI=1S/C10H18N2O/c1-3-9(2)10(13)12-7-4-5-11-6-8-12/h3,11H,4-8H2,1-2H3. The quantitative estimate of drug-likeness (QED) is 0.608. The van der Waals surface area contributed by atoms with E-state index in [1.807, 2.05) is 24.8 Å². The lowest BCUT2D eigenvalue weighted by Crippen LogP contribution is -2.34. The number of nitrogens with zero attached hydrogens (tertiary/aromatic N) is 1. The average Bonchev–Trinajstić information content (AvgIpc) is 2.43. The minimum absolute atomic E-state index is 0.186. The zero-order chi connectivity index (χ0) is 9.68. The summed E-state index contributed by atoms with van der Waals surface area (Å²) in [6.45, 7) is 7.45. The van der Waals surface area contributed by atoms with Crippen LogP contribution in [0.5, 0.6) is 0 Å². The van der Waals surface area contributed by atoms with Gasteiger partial charge in [0.15, 0.2) is 0 Å². The SMILES string of the molecule is CC=C(C)C(=O)N1CCCNCC1. The number of nitrogens with one attached hydrogen (secondary N) is 1. The van der Waals surface area contributed by atoms with Crippen LogP contribution in [0, 0.1) is 0 Å². The van der Waals surface area contributed by atoms with E-state index >= 15 is 0 Å². The van der Waals surface area contributed by atoms with Crippen LogP contribution in [0.3, 0.4) is 0 Å². The molecule has 13 heavy (non-hydrogen) atoms. The molecule has 0 aromatic carbocycles. The fourth-order valence-electron chi connectivity index (χ4n) is 1.42. The van der Waals surface area contributed by atoms with E-state index in [2.05, 4.69) is 5.32 Å². The van der Waals surface area contributed by atoms with E-state index in [9.17, 15) is 4.79 Å². The Labute approximate surface area is 79.8 Å². The van der Waals surface area contributed by atoms with E-state index in [0.717, 1.165) is 38.2 Å². The lowest BCUT2D eigenvalue weighted by molar-refractivity contribution is -0.126. The van der Waals surface area contributed by atoms with Gasteiger partial charge in [0.05, 0.1) is 0 Å². The number of carbonyl (C=O) groups excluding carboxylic acids is 1. The predicted molar refractivity (Wildman–Crippen MR) is 53.5 cm³/mol. The Kier molecular flexibility index (Phi) is 3.96. The van der Waals surface area contributed by atoms with Gasteiger partial charge in [-0.25, -0.2) is 0 Å². The zero-order valence-electron chi connectivity index (χ0n) is 8.47. The van der Waals surface area contributed by atoms with E-state index in [0.29, 0.717) is 0 Å². The van der Waals surface area contributed by atoms with Gasteiger partial charge in [0.1, 0.15) is 0 Å². The molecule has 0 aliphatic carbocycles. The van der Waals surface area contributed by atoms with Gasteiger partial charge in [-0.05, 0) is 26.8 Å². The predicted octanol–water partition coefficient (Wildman–Crippen LogP) is 0.774. The molecule has 1 aliphatic rings. The molecular weight excluding hydrogens is 164 g/mol. The molecule has 0 spiro atoms. The summed E-state index contributed by atoms with van der Waals surface area (Å²) in [4.78, 5) is 13.6. The van der Waals surface area contributed by atoms with E-state index in [1.165, 1.54) is 0 Å². The highest BCUT2D eigenvalue weighted by Crippen LogP contribution is 2.03. The number of hydrogen-bond acceptors (Lipinski definition) is 2. The largest absolute Gasteiger partial charge is 0.338 e. The van der Waals surface area contributed by atoms with Crippen molar-refractivity contribution in [3.05, 3.63) is 11.6 Å². The fraction of sp³-hybridized carbons (Fsp3) is 0.700. The van der Waals surface area contributed by atoms with E-state index in [-0.39, 0.29) is 5.91 Å². The molecule has 0 bridgehead atoms. The third-order valence-corrected chi connectivity index (χ3v) is 2.40. The molecule has 0 saturated carbocycles. The number of carbonyl (C=O) groups is 1. The molecule has 1 saturated heterocycles. The van der Waals surface area contributed by atoms with Crippen molar-refractivity contribution in [2.75, 3.05) is 26.2 Å². The molecule has 1 N–H and O–H groups in total. The van der Waals surface area contributed by atoms with Gasteiger partial charge in [0.25, 0.3) is 0 Å².